The quantitative estimate of drug-likeness (QED) is 0.722. The molecule has 4 rings (SSSR count). The predicted molar refractivity (Wildman–Crippen MR) is 112 cm³/mol. The van der Waals surface area contributed by atoms with Gasteiger partial charge < -0.3 is 14.6 Å². The summed E-state index contributed by atoms with van der Waals surface area (Å²) < 4.78 is 5.19. The Morgan fingerprint density at radius 3 is 2.37 bits per heavy atom. The number of carbonyl (C=O) groups is 2. The van der Waals surface area contributed by atoms with E-state index in [4.69, 9.17) is 4.42 Å². The maximum atomic E-state index is 13.0. The molecule has 1 aliphatic rings. The van der Waals surface area contributed by atoms with Crippen molar-refractivity contribution in [3.05, 3.63) is 83.8 Å². The monoisotopic (exact) mass is 399 g/mol. The Hall–Kier alpha value is -3.85. The van der Waals surface area contributed by atoms with Gasteiger partial charge in [-0.3, -0.25) is 9.59 Å². The molecular weight excluding hydrogens is 378 g/mol. The van der Waals surface area contributed by atoms with Crippen molar-refractivity contribution < 1.29 is 14.0 Å². The van der Waals surface area contributed by atoms with E-state index in [9.17, 15) is 14.9 Å². The SMILES string of the molecule is N#Cc1ccccc1-c1ccccc1C(=O)NC1CCN(C(=O)c2ccco2)CC1. The minimum Gasteiger partial charge on any atom is -0.459 e. The van der Waals surface area contributed by atoms with Crippen LogP contribution in [0.3, 0.4) is 0 Å². The number of rotatable bonds is 4. The fraction of sp³-hybridized carbons (Fsp3) is 0.208. The highest BCUT2D eigenvalue weighted by molar-refractivity contribution is 6.01. The number of piperidine rings is 1. The van der Waals surface area contributed by atoms with Gasteiger partial charge in [-0.25, -0.2) is 0 Å². The van der Waals surface area contributed by atoms with Crippen LogP contribution in [0.5, 0.6) is 0 Å². The maximum absolute atomic E-state index is 13.0. The third-order valence-corrected chi connectivity index (χ3v) is 5.36. The number of furan rings is 1. The maximum Gasteiger partial charge on any atom is 0.289 e. The first-order valence-corrected chi connectivity index (χ1v) is 9.89. The van der Waals surface area contributed by atoms with Gasteiger partial charge in [0.25, 0.3) is 11.8 Å². The Morgan fingerprint density at radius 2 is 1.67 bits per heavy atom. The highest BCUT2D eigenvalue weighted by Crippen LogP contribution is 2.27. The smallest absolute Gasteiger partial charge is 0.289 e. The molecule has 3 aromatic rings. The number of carbonyl (C=O) groups excluding carboxylic acids is 2. The van der Waals surface area contributed by atoms with E-state index in [1.807, 2.05) is 36.4 Å². The molecule has 2 aromatic carbocycles. The molecule has 0 bridgehead atoms. The molecule has 0 radical (unpaired) electrons. The molecule has 6 nitrogen and oxygen atoms in total. The van der Waals surface area contributed by atoms with Crippen molar-refractivity contribution in [3.63, 3.8) is 0 Å². The second-order valence-electron chi connectivity index (χ2n) is 7.22. The van der Waals surface area contributed by atoms with Crippen LogP contribution in [0.15, 0.2) is 71.3 Å². The van der Waals surface area contributed by atoms with Gasteiger partial charge in [-0.2, -0.15) is 5.26 Å². The molecule has 6 heteroatoms. The number of hydrogen-bond donors (Lipinski definition) is 1. The molecule has 30 heavy (non-hydrogen) atoms. The lowest BCUT2D eigenvalue weighted by Gasteiger charge is -2.32. The summed E-state index contributed by atoms with van der Waals surface area (Å²) in [7, 11) is 0. The molecule has 1 aliphatic heterocycles. The summed E-state index contributed by atoms with van der Waals surface area (Å²) in [5, 5.41) is 12.5. The number of nitrogens with zero attached hydrogens (tertiary/aromatic N) is 2. The summed E-state index contributed by atoms with van der Waals surface area (Å²) in [6, 6.07) is 20.1. The summed E-state index contributed by atoms with van der Waals surface area (Å²) in [6.07, 6.45) is 2.84. The highest BCUT2D eigenvalue weighted by atomic mass is 16.3. The number of hydrogen-bond acceptors (Lipinski definition) is 4. The lowest BCUT2D eigenvalue weighted by atomic mass is 9.95. The van der Waals surface area contributed by atoms with Crippen molar-refractivity contribution in [1.82, 2.24) is 10.2 Å². The zero-order valence-corrected chi connectivity index (χ0v) is 16.4. The summed E-state index contributed by atoms with van der Waals surface area (Å²) in [4.78, 5) is 27.2. The van der Waals surface area contributed by atoms with E-state index in [1.54, 1.807) is 29.2 Å². The molecule has 0 saturated carbocycles. The van der Waals surface area contributed by atoms with Gasteiger partial charge in [0.05, 0.1) is 17.9 Å². The van der Waals surface area contributed by atoms with Crippen LogP contribution in [0.4, 0.5) is 0 Å². The van der Waals surface area contributed by atoms with E-state index < -0.39 is 0 Å². The second kappa shape index (κ2) is 8.66. The van der Waals surface area contributed by atoms with Crippen molar-refractivity contribution in [1.29, 1.82) is 5.26 Å². The van der Waals surface area contributed by atoms with Crippen molar-refractivity contribution >= 4 is 11.8 Å². The molecule has 0 aliphatic carbocycles. The number of likely N-dealkylation sites (tertiary alicyclic amines) is 1. The van der Waals surface area contributed by atoms with Crippen LogP contribution in [-0.2, 0) is 0 Å². The molecule has 1 aromatic heterocycles. The molecule has 2 heterocycles. The molecule has 1 fully saturated rings. The average molecular weight is 399 g/mol. The Bertz CT molecular complexity index is 1090. The molecule has 150 valence electrons. The van der Waals surface area contributed by atoms with Gasteiger partial charge in [-0.15, -0.1) is 0 Å². The Kier molecular flexibility index (Phi) is 5.62. The number of amides is 2. The summed E-state index contributed by atoms with van der Waals surface area (Å²) >= 11 is 0. The molecule has 1 N–H and O–H groups in total. The van der Waals surface area contributed by atoms with E-state index in [-0.39, 0.29) is 17.9 Å². The molecule has 0 spiro atoms. The Morgan fingerprint density at radius 1 is 0.967 bits per heavy atom. The molecule has 0 atom stereocenters. The van der Waals surface area contributed by atoms with Crippen LogP contribution >= 0.6 is 0 Å². The number of nitrogens with one attached hydrogen (secondary N) is 1. The van der Waals surface area contributed by atoms with E-state index in [2.05, 4.69) is 11.4 Å². The number of benzene rings is 2. The van der Waals surface area contributed by atoms with E-state index in [1.165, 1.54) is 6.26 Å². The Balaban J connectivity index is 1.45. The van der Waals surface area contributed by atoms with E-state index in [0.717, 1.165) is 11.1 Å². The third-order valence-electron chi connectivity index (χ3n) is 5.36. The first-order chi connectivity index (χ1) is 14.7. The predicted octanol–water partition coefficient (Wildman–Crippen LogP) is 3.85. The first kappa shape index (κ1) is 19.5. The van der Waals surface area contributed by atoms with E-state index >= 15 is 0 Å². The summed E-state index contributed by atoms with van der Waals surface area (Å²) in [6.45, 7) is 1.12. The van der Waals surface area contributed by atoms with Crippen molar-refractivity contribution in [2.24, 2.45) is 0 Å². The molecular formula is C24H21N3O3. The van der Waals surface area contributed by atoms with Gasteiger partial charge in [0.2, 0.25) is 0 Å². The van der Waals surface area contributed by atoms with E-state index in [0.29, 0.717) is 42.8 Å². The van der Waals surface area contributed by atoms with Crippen LogP contribution in [0, 0.1) is 11.3 Å². The van der Waals surface area contributed by atoms with Gasteiger partial charge in [0.1, 0.15) is 0 Å². The zero-order valence-electron chi connectivity index (χ0n) is 16.4. The minimum atomic E-state index is -0.172. The average Bonchev–Trinajstić information content (AvgIpc) is 3.34. The molecule has 2 amide bonds. The van der Waals surface area contributed by atoms with Gasteiger partial charge in [0, 0.05) is 30.3 Å². The van der Waals surface area contributed by atoms with Crippen LogP contribution in [-0.4, -0.2) is 35.8 Å². The van der Waals surface area contributed by atoms with Crippen molar-refractivity contribution in [3.8, 4) is 17.2 Å². The molecule has 0 unspecified atom stereocenters. The third kappa shape index (κ3) is 3.96. The van der Waals surface area contributed by atoms with Crippen LogP contribution in [0.1, 0.15) is 39.3 Å². The summed E-state index contributed by atoms with van der Waals surface area (Å²) in [5.74, 6) is 0.0416. The van der Waals surface area contributed by atoms with Gasteiger partial charge in [-0.1, -0.05) is 36.4 Å². The van der Waals surface area contributed by atoms with Gasteiger partial charge >= 0.3 is 0 Å². The number of nitriles is 1. The van der Waals surface area contributed by atoms with Crippen LogP contribution in [0.2, 0.25) is 0 Å². The van der Waals surface area contributed by atoms with Crippen LogP contribution in [0.25, 0.3) is 11.1 Å². The van der Waals surface area contributed by atoms with Gasteiger partial charge in [-0.05, 0) is 42.7 Å². The second-order valence-corrected chi connectivity index (χ2v) is 7.22. The zero-order chi connectivity index (χ0) is 20.9. The fourth-order valence-electron chi connectivity index (χ4n) is 3.78. The van der Waals surface area contributed by atoms with Crippen molar-refractivity contribution in [2.45, 2.75) is 18.9 Å². The largest absolute Gasteiger partial charge is 0.459 e. The standard InChI is InChI=1S/C24H21N3O3/c25-16-17-6-1-2-7-19(17)20-8-3-4-9-21(20)23(28)26-18-11-13-27(14-12-18)24(29)22-10-5-15-30-22/h1-10,15,18H,11-14H2,(H,26,28). The lowest BCUT2D eigenvalue weighted by Crippen LogP contribution is -2.46. The highest BCUT2D eigenvalue weighted by Gasteiger charge is 2.26. The topological polar surface area (TPSA) is 86.3 Å². The molecule has 1 saturated heterocycles. The summed E-state index contributed by atoms with van der Waals surface area (Å²) in [5.41, 5.74) is 2.54. The normalized spacial score (nSPS) is 14.2. The Labute approximate surface area is 174 Å². The van der Waals surface area contributed by atoms with Crippen LogP contribution < -0.4 is 5.32 Å². The minimum absolute atomic E-state index is 0.0163. The fourth-order valence-corrected chi connectivity index (χ4v) is 3.78. The first-order valence-electron chi connectivity index (χ1n) is 9.89. The lowest BCUT2D eigenvalue weighted by molar-refractivity contribution is 0.0667. The van der Waals surface area contributed by atoms with Gasteiger partial charge in [0.15, 0.2) is 5.76 Å². The van der Waals surface area contributed by atoms with Crippen molar-refractivity contribution in [2.75, 3.05) is 13.1 Å².